The minimum absolute atomic E-state index is 0.200. The third kappa shape index (κ3) is 3.30. The van der Waals surface area contributed by atoms with Crippen LogP contribution in [0.15, 0.2) is 45.7 Å². The molecule has 0 radical (unpaired) electrons. The molecule has 0 unspecified atom stereocenters. The summed E-state index contributed by atoms with van der Waals surface area (Å²) in [4.78, 5) is 0.200. The molecule has 2 aromatic carbocycles. The second-order valence-electron chi connectivity index (χ2n) is 7.30. The van der Waals surface area contributed by atoms with Gasteiger partial charge in [0.2, 0.25) is 0 Å². The smallest absolute Gasteiger partial charge is 0.261 e. The largest absolute Gasteiger partial charge is 0.497 e. The first-order valence-corrected chi connectivity index (χ1v) is 10.6. The van der Waals surface area contributed by atoms with Gasteiger partial charge in [0.05, 0.1) is 17.7 Å². The molecule has 27 heavy (non-hydrogen) atoms. The van der Waals surface area contributed by atoms with E-state index < -0.39 is 10.0 Å². The molecule has 1 aliphatic rings. The average molecular weight is 385 g/mol. The van der Waals surface area contributed by atoms with Gasteiger partial charge in [-0.1, -0.05) is 6.92 Å². The van der Waals surface area contributed by atoms with Crippen molar-refractivity contribution in [1.82, 2.24) is 0 Å². The second-order valence-corrected chi connectivity index (χ2v) is 8.98. The number of nitrogens with one attached hydrogen (secondary N) is 1. The predicted octanol–water partition coefficient (Wildman–Crippen LogP) is 4.68. The van der Waals surface area contributed by atoms with Crippen LogP contribution in [0.4, 0.5) is 5.69 Å². The first kappa shape index (κ1) is 17.9. The third-order valence-corrected chi connectivity index (χ3v) is 6.63. The lowest BCUT2D eigenvalue weighted by Gasteiger charge is -2.17. The molecule has 1 heterocycles. The average Bonchev–Trinajstić information content (AvgIpc) is 2.98. The summed E-state index contributed by atoms with van der Waals surface area (Å²) in [5, 5.41) is 1.01. The van der Waals surface area contributed by atoms with Gasteiger partial charge in [0.25, 0.3) is 10.0 Å². The number of hydrogen-bond acceptors (Lipinski definition) is 4. The monoisotopic (exact) mass is 385 g/mol. The molecule has 4 rings (SSSR count). The molecule has 0 amide bonds. The van der Waals surface area contributed by atoms with Gasteiger partial charge in [0.15, 0.2) is 0 Å². The van der Waals surface area contributed by atoms with Crippen LogP contribution >= 0.6 is 0 Å². The number of anilines is 1. The van der Waals surface area contributed by atoms with E-state index in [0.29, 0.717) is 17.4 Å². The molecule has 142 valence electrons. The first-order chi connectivity index (χ1) is 12.9. The van der Waals surface area contributed by atoms with Crippen LogP contribution < -0.4 is 9.46 Å². The number of aryl methyl sites for hydroxylation is 2. The highest BCUT2D eigenvalue weighted by Crippen LogP contribution is 2.37. The summed E-state index contributed by atoms with van der Waals surface area (Å²) in [6.45, 7) is 4.12. The minimum atomic E-state index is -3.68. The van der Waals surface area contributed by atoms with Gasteiger partial charge < -0.3 is 9.15 Å². The maximum absolute atomic E-state index is 12.8. The molecule has 1 aromatic heterocycles. The van der Waals surface area contributed by atoms with E-state index in [2.05, 4.69) is 11.6 Å². The van der Waals surface area contributed by atoms with Crippen LogP contribution in [0.5, 0.6) is 5.75 Å². The predicted molar refractivity (Wildman–Crippen MR) is 106 cm³/mol. The molecule has 0 aliphatic heterocycles. The zero-order valence-corrected chi connectivity index (χ0v) is 16.5. The van der Waals surface area contributed by atoms with Crippen molar-refractivity contribution in [3.8, 4) is 5.75 Å². The highest BCUT2D eigenvalue weighted by Gasteiger charge is 2.23. The molecule has 0 spiro atoms. The molecule has 3 aromatic rings. The maximum Gasteiger partial charge on any atom is 0.261 e. The fourth-order valence-corrected chi connectivity index (χ4v) is 4.79. The quantitative estimate of drug-likeness (QED) is 0.708. The van der Waals surface area contributed by atoms with E-state index in [-0.39, 0.29) is 4.90 Å². The Hall–Kier alpha value is -2.47. The van der Waals surface area contributed by atoms with Gasteiger partial charge in [-0.25, -0.2) is 8.42 Å². The van der Waals surface area contributed by atoms with Gasteiger partial charge in [-0.05, 0) is 67.6 Å². The summed E-state index contributed by atoms with van der Waals surface area (Å²) in [5.74, 6) is 2.27. The summed E-state index contributed by atoms with van der Waals surface area (Å²) in [5.41, 5.74) is 3.46. The molecular weight excluding hydrogens is 362 g/mol. The zero-order chi connectivity index (χ0) is 19.2. The SMILES string of the molecule is COc1ccc(S(=O)(=O)Nc2cc3c4c(oc3cc2C)CC[C@@H](C)C4)cc1. The number of fused-ring (bicyclic) bond motifs is 3. The zero-order valence-electron chi connectivity index (χ0n) is 15.7. The molecule has 1 N–H and O–H groups in total. The normalized spacial score (nSPS) is 16.9. The highest BCUT2D eigenvalue weighted by molar-refractivity contribution is 7.92. The molecule has 6 heteroatoms. The molecule has 5 nitrogen and oxygen atoms in total. The summed E-state index contributed by atoms with van der Waals surface area (Å²) in [6, 6.07) is 10.2. The second kappa shape index (κ2) is 6.60. The van der Waals surface area contributed by atoms with Crippen LogP contribution in [-0.4, -0.2) is 15.5 Å². The van der Waals surface area contributed by atoms with Crippen LogP contribution in [0.3, 0.4) is 0 Å². The molecule has 0 fully saturated rings. The van der Waals surface area contributed by atoms with E-state index in [1.807, 2.05) is 19.1 Å². The van der Waals surface area contributed by atoms with Gasteiger partial charge >= 0.3 is 0 Å². The first-order valence-electron chi connectivity index (χ1n) is 9.09. The van der Waals surface area contributed by atoms with Gasteiger partial charge in [-0.2, -0.15) is 0 Å². The van der Waals surface area contributed by atoms with Crippen molar-refractivity contribution in [3.63, 3.8) is 0 Å². The van der Waals surface area contributed by atoms with Gasteiger partial charge in [0.1, 0.15) is 17.1 Å². The van der Waals surface area contributed by atoms with Gasteiger partial charge in [-0.3, -0.25) is 4.72 Å². The van der Waals surface area contributed by atoms with Gasteiger partial charge in [-0.15, -0.1) is 0 Å². The van der Waals surface area contributed by atoms with E-state index in [1.54, 1.807) is 19.2 Å². The topological polar surface area (TPSA) is 68.5 Å². The molecular formula is C21H23NO4S. The van der Waals surface area contributed by atoms with Gasteiger partial charge in [0, 0.05) is 17.4 Å². The van der Waals surface area contributed by atoms with E-state index >= 15 is 0 Å². The van der Waals surface area contributed by atoms with Crippen LogP contribution in [0.25, 0.3) is 11.0 Å². The Labute approximate surface area is 159 Å². The van der Waals surface area contributed by atoms with Crippen molar-refractivity contribution < 1.29 is 17.6 Å². The van der Waals surface area contributed by atoms with Crippen LogP contribution in [0.1, 0.15) is 30.2 Å². The number of methoxy groups -OCH3 is 1. The van der Waals surface area contributed by atoms with E-state index in [1.165, 1.54) is 17.7 Å². The number of benzene rings is 2. The van der Waals surface area contributed by atoms with Crippen LogP contribution in [-0.2, 0) is 22.9 Å². The lowest BCUT2D eigenvalue weighted by Crippen LogP contribution is -2.14. The summed E-state index contributed by atoms with van der Waals surface area (Å²) in [6.07, 6.45) is 3.04. The van der Waals surface area contributed by atoms with Crippen LogP contribution in [0, 0.1) is 12.8 Å². The number of rotatable bonds is 4. The molecule has 1 atom stereocenters. The summed E-state index contributed by atoms with van der Waals surface area (Å²) < 4.78 is 39.4. The molecule has 0 bridgehead atoms. The summed E-state index contributed by atoms with van der Waals surface area (Å²) >= 11 is 0. The number of hydrogen-bond donors (Lipinski definition) is 1. The maximum atomic E-state index is 12.8. The van der Waals surface area contributed by atoms with Crippen molar-refractivity contribution in [3.05, 3.63) is 53.3 Å². The van der Waals surface area contributed by atoms with Crippen molar-refractivity contribution >= 4 is 26.7 Å². The van der Waals surface area contributed by atoms with Crippen molar-refractivity contribution in [2.75, 3.05) is 11.8 Å². The Morgan fingerprint density at radius 2 is 1.93 bits per heavy atom. The minimum Gasteiger partial charge on any atom is -0.497 e. The lowest BCUT2D eigenvalue weighted by molar-refractivity contribution is 0.414. The Morgan fingerprint density at radius 1 is 1.19 bits per heavy atom. The highest BCUT2D eigenvalue weighted by atomic mass is 32.2. The molecule has 0 saturated carbocycles. The van der Waals surface area contributed by atoms with Crippen molar-refractivity contribution in [2.45, 2.75) is 38.0 Å². The third-order valence-electron chi connectivity index (χ3n) is 5.25. The van der Waals surface area contributed by atoms with Crippen molar-refractivity contribution in [1.29, 1.82) is 0 Å². The molecule has 0 saturated heterocycles. The Kier molecular flexibility index (Phi) is 4.38. The standard InChI is InChI=1S/C21H23NO4S/c1-13-4-9-20-17(10-13)18-12-19(14(2)11-21(18)26-20)22-27(23,24)16-7-5-15(25-3)6-8-16/h5-8,11-13,22H,4,9-10H2,1-3H3/t13-/m1/s1. The number of furan rings is 1. The van der Waals surface area contributed by atoms with Crippen LogP contribution in [0.2, 0.25) is 0 Å². The number of ether oxygens (including phenoxy) is 1. The van der Waals surface area contributed by atoms with Crippen molar-refractivity contribution in [2.24, 2.45) is 5.92 Å². The van der Waals surface area contributed by atoms with E-state index in [9.17, 15) is 8.42 Å². The fraction of sp³-hybridized carbons (Fsp3) is 0.333. The molecule has 1 aliphatic carbocycles. The fourth-order valence-electron chi connectivity index (χ4n) is 3.67. The summed E-state index contributed by atoms with van der Waals surface area (Å²) in [7, 11) is -2.13. The Bertz CT molecular complexity index is 1100. The van der Waals surface area contributed by atoms with E-state index in [4.69, 9.17) is 9.15 Å². The lowest BCUT2D eigenvalue weighted by atomic mass is 9.88. The number of sulfonamides is 1. The Morgan fingerprint density at radius 3 is 2.63 bits per heavy atom. The van der Waals surface area contributed by atoms with E-state index in [0.717, 1.165) is 41.6 Å². The Balaban J connectivity index is 1.72.